The summed E-state index contributed by atoms with van der Waals surface area (Å²) in [6, 6.07) is 0. The summed E-state index contributed by atoms with van der Waals surface area (Å²) in [5, 5.41) is 0. The first-order valence-corrected chi connectivity index (χ1v) is 3.64. The number of aromatic amines is 1. The number of aromatic nitrogens is 1. The molecule has 1 rings (SSSR count). The van der Waals surface area contributed by atoms with Crippen LogP contribution >= 0.6 is 15.9 Å². The van der Waals surface area contributed by atoms with Crippen LogP contribution in [0.4, 0.5) is 11.5 Å². The highest BCUT2D eigenvalue weighted by Gasteiger charge is 2.07. The van der Waals surface area contributed by atoms with E-state index in [9.17, 15) is 0 Å². The smallest absolute Gasteiger partial charge is 0.284 e. The van der Waals surface area contributed by atoms with Crippen molar-refractivity contribution >= 4 is 27.4 Å². The monoisotopic (exact) mass is 202 g/mol. The Bertz CT molecular complexity index is 232. The standard InChI is InChI=1S/C6H8BrN3/c1-3-4(8)2-10-6(9)5(3)7/h2H,8H2,1H3,(H2,9,10)/p+1. The topological polar surface area (TPSA) is 66.2 Å². The van der Waals surface area contributed by atoms with Gasteiger partial charge in [-0.05, 0) is 28.4 Å². The normalized spacial score (nSPS) is 9.80. The molecule has 0 spiro atoms. The third kappa shape index (κ3) is 1.07. The molecule has 54 valence electrons. The minimum atomic E-state index is 0.603. The van der Waals surface area contributed by atoms with Crippen LogP contribution in [0.25, 0.3) is 0 Å². The first-order valence-electron chi connectivity index (χ1n) is 2.84. The number of halogens is 1. The van der Waals surface area contributed by atoms with E-state index in [-0.39, 0.29) is 0 Å². The number of hydrogen-bond donors (Lipinski definition) is 2. The maximum atomic E-state index is 5.57. The number of anilines is 2. The molecule has 3 nitrogen and oxygen atoms in total. The van der Waals surface area contributed by atoms with Crippen LogP contribution in [0.3, 0.4) is 0 Å². The van der Waals surface area contributed by atoms with Crippen molar-refractivity contribution in [2.24, 2.45) is 0 Å². The predicted octanol–water partition coefficient (Wildman–Crippen LogP) is 0.736. The Hall–Kier alpha value is -0.770. The Balaban J connectivity index is 3.34. The van der Waals surface area contributed by atoms with Crippen molar-refractivity contribution < 1.29 is 4.98 Å². The van der Waals surface area contributed by atoms with Crippen LogP contribution in [0.2, 0.25) is 0 Å². The van der Waals surface area contributed by atoms with E-state index in [4.69, 9.17) is 11.5 Å². The van der Waals surface area contributed by atoms with E-state index in [1.807, 2.05) is 6.92 Å². The molecule has 1 heterocycles. The lowest BCUT2D eigenvalue weighted by molar-refractivity contribution is -0.360. The molecule has 5 N–H and O–H groups in total. The summed E-state index contributed by atoms with van der Waals surface area (Å²) >= 11 is 3.29. The van der Waals surface area contributed by atoms with Gasteiger partial charge < -0.3 is 5.73 Å². The lowest BCUT2D eigenvalue weighted by Crippen LogP contribution is -2.12. The molecule has 0 radical (unpaired) electrons. The molecule has 0 unspecified atom stereocenters. The molecule has 0 aliphatic heterocycles. The average Bonchev–Trinajstić information content (AvgIpc) is 1.93. The van der Waals surface area contributed by atoms with Crippen molar-refractivity contribution in [3.8, 4) is 0 Å². The van der Waals surface area contributed by atoms with Crippen LogP contribution < -0.4 is 16.5 Å². The average molecular weight is 203 g/mol. The third-order valence-corrected chi connectivity index (χ3v) is 2.40. The Morgan fingerprint density at radius 1 is 1.50 bits per heavy atom. The van der Waals surface area contributed by atoms with Gasteiger partial charge in [0.05, 0.1) is 5.69 Å². The molecule has 0 atom stereocenters. The molecule has 0 saturated heterocycles. The fraction of sp³-hybridized carbons (Fsp3) is 0.167. The first-order chi connectivity index (χ1) is 4.63. The highest BCUT2D eigenvalue weighted by molar-refractivity contribution is 9.10. The highest BCUT2D eigenvalue weighted by Crippen LogP contribution is 2.22. The van der Waals surface area contributed by atoms with E-state index in [0.29, 0.717) is 11.5 Å². The number of hydrogen-bond acceptors (Lipinski definition) is 2. The number of rotatable bonds is 0. The van der Waals surface area contributed by atoms with Crippen LogP contribution in [0.15, 0.2) is 10.7 Å². The van der Waals surface area contributed by atoms with Gasteiger partial charge in [-0.25, -0.2) is 4.98 Å². The second-order valence-electron chi connectivity index (χ2n) is 2.10. The van der Waals surface area contributed by atoms with Gasteiger partial charge in [0.15, 0.2) is 0 Å². The van der Waals surface area contributed by atoms with E-state index in [1.165, 1.54) is 0 Å². The van der Waals surface area contributed by atoms with Crippen LogP contribution in [0, 0.1) is 6.92 Å². The van der Waals surface area contributed by atoms with E-state index in [2.05, 4.69) is 20.9 Å². The van der Waals surface area contributed by atoms with Gasteiger partial charge in [0, 0.05) is 0 Å². The largest absolute Gasteiger partial charge is 0.396 e. The summed E-state index contributed by atoms with van der Waals surface area (Å²) in [7, 11) is 0. The molecule has 10 heavy (non-hydrogen) atoms. The lowest BCUT2D eigenvalue weighted by Gasteiger charge is -1.99. The SMILES string of the molecule is Cc1c(N)c[nH+]c(N)c1Br. The molecule has 0 aliphatic carbocycles. The molecule has 4 heteroatoms. The zero-order valence-electron chi connectivity index (χ0n) is 5.61. The number of H-pyrrole nitrogens is 1. The van der Waals surface area contributed by atoms with Gasteiger partial charge >= 0.3 is 0 Å². The molecule has 1 aromatic heterocycles. The zero-order valence-corrected chi connectivity index (χ0v) is 7.20. The van der Waals surface area contributed by atoms with E-state index in [1.54, 1.807) is 6.20 Å². The van der Waals surface area contributed by atoms with Crippen LogP contribution in [-0.4, -0.2) is 0 Å². The van der Waals surface area contributed by atoms with E-state index in [0.717, 1.165) is 10.0 Å². The van der Waals surface area contributed by atoms with Gasteiger partial charge in [-0.2, -0.15) is 0 Å². The summed E-state index contributed by atoms with van der Waals surface area (Å²) < 4.78 is 0.840. The fourth-order valence-electron chi connectivity index (χ4n) is 0.656. The molecule has 0 bridgehead atoms. The van der Waals surface area contributed by atoms with Crippen LogP contribution in [0.5, 0.6) is 0 Å². The summed E-state index contributed by atoms with van der Waals surface area (Å²) in [6.45, 7) is 1.91. The predicted molar refractivity (Wildman–Crippen MR) is 44.3 cm³/mol. The van der Waals surface area contributed by atoms with Crippen molar-refractivity contribution in [1.29, 1.82) is 0 Å². The number of nitrogen functional groups attached to an aromatic ring is 2. The summed E-state index contributed by atoms with van der Waals surface area (Å²) in [5.41, 5.74) is 12.8. The van der Waals surface area contributed by atoms with E-state index >= 15 is 0 Å². The fourth-order valence-corrected chi connectivity index (χ4v) is 0.999. The second kappa shape index (κ2) is 2.46. The van der Waals surface area contributed by atoms with Gasteiger partial charge in [-0.3, -0.25) is 5.73 Å². The third-order valence-electron chi connectivity index (χ3n) is 1.38. The Kier molecular flexibility index (Phi) is 1.80. The van der Waals surface area contributed by atoms with Crippen molar-refractivity contribution in [2.75, 3.05) is 11.5 Å². The molecular formula is C6H9BrN3+. The van der Waals surface area contributed by atoms with Crippen LogP contribution in [0.1, 0.15) is 5.56 Å². The maximum absolute atomic E-state index is 5.57. The molecule has 0 aliphatic rings. The minimum absolute atomic E-state index is 0.603. The minimum Gasteiger partial charge on any atom is -0.396 e. The zero-order chi connectivity index (χ0) is 7.72. The molecule has 0 fully saturated rings. The summed E-state index contributed by atoms with van der Waals surface area (Å²) in [5.74, 6) is 0.603. The van der Waals surface area contributed by atoms with Crippen LogP contribution in [-0.2, 0) is 0 Å². The number of nitrogens with two attached hydrogens (primary N) is 2. The number of pyridine rings is 1. The van der Waals surface area contributed by atoms with Gasteiger partial charge in [-0.1, -0.05) is 0 Å². The van der Waals surface area contributed by atoms with Gasteiger partial charge in [0.1, 0.15) is 10.7 Å². The van der Waals surface area contributed by atoms with Crippen molar-refractivity contribution in [3.05, 3.63) is 16.2 Å². The van der Waals surface area contributed by atoms with Crippen molar-refractivity contribution in [2.45, 2.75) is 6.92 Å². The molecule has 0 saturated carbocycles. The molecule has 0 amide bonds. The highest BCUT2D eigenvalue weighted by atomic mass is 79.9. The molecule has 1 aromatic rings. The molecule has 0 aromatic carbocycles. The Morgan fingerprint density at radius 2 is 2.10 bits per heavy atom. The lowest BCUT2D eigenvalue weighted by atomic mass is 10.2. The quantitative estimate of drug-likeness (QED) is 0.652. The Labute approximate surface area is 67.6 Å². The molecular weight excluding hydrogens is 194 g/mol. The van der Waals surface area contributed by atoms with Crippen molar-refractivity contribution in [1.82, 2.24) is 0 Å². The van der Waals surface area contributed by atoms with Gasteiger partial charge in [-0.15, -0.1) is 0 Å². The number of nitrogens with one attached hydrogen (secondary N) is 1. The van der Waals surface area contributed by atoms with E-state index < -0.39 is 0 Å². The first kappa shape index (κ1) is 7.34. The summed E-state index contributed by atoms with van der Waals surface area (Å²) in [6.07, 6.45) is 1.68. The van der Waals surface area contributed by atoms with Gasteiger partial charge in [0.25, 0.3) is 5.82 Å². The second-order valence-corrected chi connectivity index (χ2v) is 2.89. The summed E-state index contributed by atoms with van der Waals surface area (Å²) in [4.78, 5) is 2.81. The maximum Gasteiger partial charge on any atom is 0.284 e. The Morgan fingerprint density at radius 3 is 2.60 bits per heavy atom. The van der Waals surface area contributed by atoms with Gasteiger partial charge in [0.2, 0.25) is 0 Å². The van der Waals surface area contributed by atoms with Crippen molar-refractivity contribution in [3.63, 3.8) is 0 Å².